The molecule has 0 N–H and O–H groups in total. The van der Waals surface area contributed by atoms with Crippen LogP contribution in [0.2, 0.25) is 0 Å². The lowest BCUT2D eigenvalue weighted by molar-refractivity contribution is -0.132. The molecule has 3 aromatic rings. The van der Waals surface area contributed by atoms with Crippen molar-refractivity contribution in [3.05, 3.63) is 53.4 Å². The van der Waals surface area contributed by atoms with Crippen molar-refractivity contribution in [1.29, 1.82) is 0 Å². The minimum absolute atomic E-state index is 0.200. The van der Waals surface area contributed by atoms with Gasteiger partial charge in [0.2, 0.25) is 5.91 Å². The molecular weight excluding hydrogens is 328 g/mol. The molecule has 1 aliphatic rings. The number of fused-ring (bicyclic) bond motifs is 1. The van der Waals surface area contributed by atoms with E-state index in [0.717, 1.165) is 54.5 Å². The fraction of sp³-hybridized carbons (Fsp3) is 0.450. The number of hydrogen-bond donors (Lipinski definition) is 0. The van der Waals surface area contributed by atoms with Crippen LogP contribution in [0.1, 0.15) is 48.1 Å². The molecule has 1 amide bonds. The predicted octanol–water partition coefficient (Wildman–Crippen LogP) is 3.28. The zero-order valence-corrected chi connectivity index (χ0v) is 15.3. The summed E-state index contributed by atoms with van der Waals surface area (Å²) in [5, 5.41) is 4.57. The Morgan fingerprint density at radius 3 is 3.00 bits per heavy atom. The minimum Gasteiger partial charge on any atom is -0.466 e. The zero-order chi connectivity index (χ0) is 18.1. The Balaban J connectivity index is 1.45. The first kappa shape index (κ1) is 16.8. The third kappa shape index (κ3) is 3.36. The standard InChI is InChI=1S/C20H24N4O2/c1-14-12-19-21-10-9-18(24(19)22-14)16-4-3-11-23(13-16)20(25)8-7-17-6-5-15(2)26-17/h5-6,9-10,12,16H,3-4,7-8,11,13H2,1-2H3. The fourth-order valence-corrected chi connectivity index (χ4v) is 3.79. The number of carbonyl (C=O) groups excluding carboxylic acids is 1. The third-order valence-electron chi connectivity index (χ3n) is 5.08. The zero-order valence-electron chi connectivity index (χ0n) is 15.3. The van der Waals surface area contributed by atoms with Crippen LogP contribution in [0.15, 0.2) is 34.9 Å². The van der Waals surface area contributed by atoms with Crippen LogP contribution in [-0.2, 0) is 11.2 Å². The summed E-state index contributed by atoms with van der Waals surface area (Å²) in [6, 6.07) is 7.91. The Kier molecular flexibility index (Phi) is 4.49. The van der Waals surface area contributed by atoms with Crippen molar-refractivity contribution < 1.29 is 9.21 Å². The lowest BCUT2D eigenvalue weighted by Gasteiger charge is -2.33. The highest BCUT2D eigenvalue weighted by Gasteiger charge is 2.26. The molecule has 1 fully saturated rings. The van der Waals surface area contributed by atoms with E-state index in [2.05, 4.69) is 10.1 Å². The van der Waals surface area contributed by atoms with Crippen molar-refractivity contribution in [3.8, 4) is 0 Å². The number of furan rings is 1. The summed E-state index contributed by atoms with van der Waals surface area (Å²) in [5.74, 6) is 2.27. The average molecular weight is 352 g/mol. The molecule has 1 saturated heterocycles. The Hall–Kier alpha value is -2.63. The van der Waals surface area contributed by atoms with Gasteiger partial charge in [-0.1, -0.05) is 0 Å². The van der Waals surface area contributed by atoms with Crippen LogP contribution < -0.4 is 0 Å². The van der Waals surface area contributed by atoms with Gasteiger partial charge in [-0.25, -0.2) is 9.50 Å². The Morgan fingerprint density at radius 1 is 1.31 bits per heavy atom. The van der Waals surface area contributed by atoms with Gasteiger partial charge in [-0.2, -0.15) is 5.10 Å². The molecule has 0 aromatic carbocycles. The summed E-state index contributed by atoms with van der Waals surface area (Å²) in [5.41, 5.74) is 2.97. The van der Waals surface area contributed by atoms with E-state index in [1.807, 2.05) is 53.7 Å². The van der Waals surface area contributed by atoms with Crippen molar-refractivity contribution in [2.45, 2.75) is 45.4 Å². The molecule has 0 aliphatic carbocycles. The fourth-order valence-electron chi connectivity index (χ4n) is 3.79. The Labute approximate surface area is 152 Å². The van der Waals surface area contributed by atoms with E-state index >= 15 is 0 Å². The number of rotatable bonds is 4. The molecule has 6 heteroatoms. The summed E-state index contributed by atoms with van der Waals surface area (Å²) in [6.45, 7) is 5.48. The van der Waals surface area contributed by atoms with Gasteiger partial charge in [0.05, 0.1) is 11.4 Å². The third-order valence-corrected chi connectivity index (χ3v) is 5.08. The van der Waals surface area contributed by atoms with Gasteiger partial charge in [-0.15, -0.1) is 0 Å². The maximum Gasteiger partial charge on any atom is 0.223 e. The largest absolute Gasteiger partial charge is 0.466 e. The van der Waals surface area contributed by atoms with Crippen molar-refractivity contribution in [1.82, 2.24) is 19.5 Å². The van der Waals surface area contributed by atoms with Gasteiger partial charge >= 0.3 is 0 Å². The number of hydrogen-bond acceptors (Lipinski definition) is 4. The first-order valence-electron chi connectivity index (χ1n) is 9.24. The van der Waals surface area contributed by atoms with Crippen LogP contribution >= 0.6 is 0 Å². The summed E-state index contributed by atoms with van der Waals surface area (Å²) >= 11 is 0. The summed E-state index contributed by atoms with van der Waals surface area (Å²) < 4.78 is 7.50. The summed E-state index contributed by atoms with van der Waals surface area (Å²) in [7, 11) is 0. The van der Waals surface area contributed by atoms with Gasteiger partial charge in [-0.05, 0) is 44.9 Å². The first-order valence-corrected chi connectivity index (χ1v) is 9.24. The van der Waals surface area contributed by atoms with E-state index in [9.17, 15) is 4.79 Å². The Morgan fingerprint density at radius 2 is 2.19 bits per heavy atom. The SMILES string of the molecule is Cc1cc2nccc(C3CCCN(C(=O)CCc4ccc(C)o4)C3)n2n1. The van der Waals surface area contributed by atoms with E-state index in [1.165, 1.54) is 0 Å². The number of carbonyl (C=O) groups is 1. The van der Waals surface area contributed by atoms with E-state index < -0.39 is 0 Å². The molecule has 4 rings (SSSR count). The van der Waals surface area contributed by atoms with Gasteiger partial charge in [0.15, 0.2) is 5.65 Å². The maximum absolute atomic E-state index is 12.7. The lowest BCUT2D eigenvalue weighted by Crippen LogP contribution is -2.39. The van der Waals surface area contributed by atoms with Gasteiger partial charge in [0.1, 0.15) is 11.5 Å². The van der Waals surface area contributed by atoms with Crippen LogP contribution in [0.5, 0.6) is 0 Å². The molecule has 3 aromatic heterocycles. The minimum atomic E-state index is 0.200. The van der Waals surface area contributed by atoms with E-state index in [-0.39, 0.29) is 5.91 Å². The molecule has 1 atom stereocenters. The molecule has 0 radical (unpaired) electrons. The van der Waals surface area contributed by atoms with E-state index in [1.54, 1.807) is 0 Å². The Bertz CT molecular complexity index is 927. The van der Waals surface area contributed by atoms with Crippen molar-refractivity contribution in [3.63, 3.8) is 0 Å². The number of likely N-dealkylation sites (tertiary alicyclic amines) is 1. The number of amides is 1. The normalized spacial score (nSPS) is 17.8. The second-order valence-corrected chi connectivity index (χ2v) is 7.12. The highest BCUT2D eigenvalue weighted by atomic mass is 16.3. The predicted molar refractivity (Wildman–Crippen MR) is 98.0 cm³/mol. The maximum atomic E-state index is 12.7. The molecule has 136 valence electrons. The molecule has 1 unspecified atom stereocenters. The van der Waals surface area contributed by atoms with Gasteiger partial charge in [0.25, 0.3) is 0 Å². The average Bonchev–Trinajstić information content (AvgIpc) is 3.23. The highest BCUT2D eigenvalue weighted by molar-refractivity contribution is 5.76. The topological polar surface area (TPSA) is 63.6 Å². The molecule has 0 bridgehead atoms. The second kappa shape index (κ2) is 6.94. The molecule has 0 saturated carbocycles. The number of aromatic nitrogens is 3. The molecule has 0 spiro atoms. The molecule has 4 heterocycles. The second-order valence-electron chi connectivity index (χ2n) is 7.12. The summed E-state index contributed by atoms with van der Waals surface area (Å²) in [4.78, 5) is 19.1. The van der Waals surface area contributed by atoms with Crippen molar-refractivity contribution in [2.24, 2.45) is 0 Å². The number of nitrogens with zero attached hydrogens (tertiary/aromatic N) is 4. The molecule has 1 aliphatic heterocycles. The smallest absolute Gasteiger partial charge is 0.223 e. The number of aryl methyl sites for hydroxylation is 3. The quantitative estimate of drug-likeness (QED) is 0.723. The first-order chi connectivity index (χ1) is 12.6. The van der Waals surface area contributed by atoms with Gasteiger partial charge in [0, 0.05) is 44.1 Å². The van der Waals surface area contributed by atoms with Crippen LogP contribution in [0.4, 0.5) is 0 Å². The van der Waals surface area contributed by atoms with Gasteiger partial charge < -0.3 is 9.32 Å². The van der Waals surface area contributed by atoms with Gasteiger partial charge in [-0.3, -0.25) is 4.79 Å². The van der Waals surface area contributed by atoms with E-state index in [0.29, 0.717) is 18.8 Å². The van der Waals surface area contributed by atoms with Crippen LogP contribution in [-0.4, -0.2) is 38.5 Å². The molecular formula is C20H24N4O2. The molecule has 6 nitrogen and oxygen atoms in total. The van der Waals surface area contributed by atoms with Crippen molar-refractivity contribution >= 4 is 11.6 Å². The highest BCUT2D eigenvalue weighted by Crippen LogP contribution is 2.27. The van der Waals surface area contributed by atoms with Crippen LogP contribution in [0.3, 0.4) is 0 Å². The van der Waals surface area contributed by atoms with Crippen molar-refractivity contribution in [2.75, 3.05) is 13.1 Å². The number of piperidine rings is 1. The van der Waals surface area contributed by atoms with Crippen LogP contribution in [0.25, 0.3) is 5.65 Å². The van der Waals surface area contributed by atoms with E-state index in [4.69, 9.17) is 4.42 Å². The molecule has 26 heavy (non-hydrogen) atoms. The lowest BCUT2D eigenvalue weighted by atomic mass is 9.94. The monoisotopic (exact) mass is 352 g/mol. The van der Waals surface area contributed by atoms with Crippen LogP contribution in [0, 0.1) is 13.8 Å². The summed E-state index contributed by atoms with van der Waals surface area (Å²) in [6.07, 6.45) is 5.07.